The van der Waals surface area contributed by atoms with Crippen molar-refractivity contribution < 1.29 is 22.7 Å². The number of hydrogen-bond acceptors (Lipinski definition) is 6. The first-order chi connectivity index (χ1) is 19.9. The normalized spacial score (nSPS) is 18.6. The average molecular weight is 597 g/mol. The molecule has 9 nitrogen and oxygen atoms in total. The van der Waals surface area contributed by atoms with Gasteiger partial charge in [-0.25, -0.2) is 13.1 Å². The molecule has 1 aliphatic heterocycles. The SMILES string of the molecule is CCN(CC1=C(c2ccc(C)cc2)S(=O)(=O)NC12CCCCC2)C(=O)[C@@H](COCc1ccccc1)NC(=O)C(C)(C)N. The Morgan fingerprint density at radius 1 is 1.07 bits per heavy atom. The maximum absolute atomic E-state index is 14.1. The second kappa shape index (κ2) is 13.1. The molecule has 0 bridgehead atoms. The molecule has 0 saturated heterocycles. The maximum atomic E-state index is 14.1. The van der Waals surface area contributed by atoms with E-state index in [2.05, 4.69) is 10.0 Å². The Bertz CT molecular complexity index is 1390. The standard InChI is InChI=1S/C32H44N4O5S/c1-5-36(29(37)27(34-30(38)31(3,4)33)22-41-21-24-12-8-6-9-13-24)20-26-28(25-16-14-23(2)15-17-25)42(39,40)35-32(26)18-10-7-11-19-32/h6,8-9,12-17,27,35H,5,7,10-11,18-22,33H2,1-4H3,(H,34,38)/t27-/m1/s1. The van der Waals surface area contributed by atoms with Crippen molar-refractivity contribution in [3.05, 3.63) is 76.9 Å². The Kier molecular flexibility index (Phi) is 9.92. The monoisotopic (exact) mass is 596 g/mol. The molecule has 0 unspecified atom stereocenters. The van der Waals surface area contributed by atoms with Crippen molar-refractivity contribution >= 4 is 26.7 Å². The van der Waals surface area contributed by atoms with E-state index in [1.807, 2.05) is 68.4 Å². The van der Waals surface area contributed by atoms with Crippen molar-refractivity contribution in [1.29, 1.82) is 0 Å². The third kappa shape index (κ3) is 7.29. The Morgan fingerprint density at radius 3 is 2.31 bits per heavy atom. The molecule has 1 aliphatic carbocycles. The van der Waals surface area contributed by atoms with Crippen LogP contribution in [0.15, 0.2) is 60.2 Å². The number of sulfonamides is 1. The van der Waals surface area contributed by atoms with Crippen molar-refractivity contribution in [2.24, 2.45) is 5.73 Å². The number of carbonyl (C=O) groups excluding carboxylic acids is 2. The summed E-state index contributed by atoms with van der Waals surface area (Å²) in [4.78, 5) is 28.8. The van der Waals surface area contributed by atoms with Crippen molar-refractivity contribution in [3.63, 3.8) is 0 Å². The van der Waals surface area contributed by atoms with Gasteiger partial charge in [-0.3, -0.25) is 9.59 Å². The molecule has 2 aliphatic rings. The van der Waals surface area contributed by atoms with Crippen LogP contribution in [0.2, 0.25) is 0 Å². The molecule has 1 atom stereocenters. The second-order valence-electron chi connectivity index (χ2n) is 12.0. The van der Waals surface area contributed by atoms with Crippen LogP contribution in [0.3, 0.4) is 0 Å². The topological polar surface area (TPSA) is 131 Å². The third-order valence-corrected chi connectivity index (χ3v) is 9.78. The summed E-state index contributed by atoms with van der Waals surface area (Å²) in [5.74, 6) is -0.831. The Balaban J connectivity index is 1.67. The lowest BCUT2D eigenvalue weighted by molar-refractivity contribution is -0.139. The largest absolute Gasteiger partial charge is 0.374 e. The molecule has 2 amide bonds. The zero-order valence-electron chi connectivity index (χ0n) is 25.1. The van der Waals surface area contributed by atoms with E-state index in [9.17, 15) is 18.0 Å². The highest BCUT2D eigenvalue weighted by atomic mass is 32.2. The fourth-order valence-corrected chi connectivity index (χ4v) is 7.69. The van der Waals surface area contributed by atoms with Gasteiger partial charge in [0.2, 0.25) is 21.8 Å². The fraction of sp³-hybridized carbons (Fsp3) is 0.500. The highest BCUT2D eigenvalue weighted by molar-refractivity contribution is 7.99. The molecular formula is C32H44N4O5S. The summed E-state index contributed by atoms with van der Waals surface area (Å²) in [7, 11) is -3.81. The van der Waals surface area contributed by atoms with Crippen molar-refractivity contribution in [2.75, 3.05) is 19.7 Å². The van der Waals surface area contributed by atoms with Gasteiger partial charge in [-0.05, 0) is 57.2 Å². The molecule has 1 spiro atoms. The Morgan fingerprint density at radius 2 is 1.71 bits per heavy atom. The number of aryl methyl sites for hydroxylation is 1. The molecular weight excluding hydrogens is 552 g/mol. The quantitative estimate of drug-likeness (QED) is 0.363. The number of ether oxygens (including phenoxy) is 1. The van der Waals surface area contributed by atoms with E-state index >= 15 is 0 Å². The Labute approximate surface area is 249 Å². The molecule has 0 radical (unpaired) electrons. The van der Waals surface area contributed by atoms with Crippen LogP contribution in [0, 0.1) is 6.92 Å². The van der Waals surface area contributed by atoms with E-state index in [0.29, 0.717) is 30.5 Å². The molecule has 1 heterocycles. The third-order valence-electron chi connectivity index (χ3n) is 8.10. The smallest absolute Gasteiger partial charge is 0.247 e. The van der Waals surface area contributed by atoms with Crippen molar-refractivity contribution in [1.82, 2.24) is 14.9 Å². The average Bonchev–Trinajstić information content (AvgIpc) is 3.16. The molecule has 228 valence electrons. The molecule has 1 fully saturated rings. The highest BCUT2D eigenvalue weighted by Gasteiger charge is 2.49. The van der Waals surface area contributed by atoms with E-state index < -0.39 is 33.1 Å². The second-order valence-corrected chi connectivity index (χ2v) is 13.6. The summed E-state index contributed by atoms with van der Waals surface area (Å²) in [5.41, 5.74) is 7.38. The number of benzene rings is 2. The number of amides is 2. The summed E-state index contributed by atoms with van der Waals surface area (Å²) >= 11 is 0. The number of nitrogens with two attached hydrogens (primary N) is 1. The van der Waals surface area contributed by atoms with Crippen LogP contribution < -0.4 is 15.8 Å². The van der Waals surface area contributed by atoms with E-state index in [1.54, 1.807) is 18.7 Å². The maximum Gasteiger partial charge on any atom is 0.247 e. The van der Waals surface area contributed by atoms with E-state index in [-0.39, 0.29) is 30.6 Å². The Hall–Kier alpha value is -3.05. The van der Waals surface area contributed by atoms with Crippen LogP contribution in [-0.2, 0) is 31.0 Å². The van der Waals surface area contributed by atoms with Gasteiger partial charge in [0.25, 0.3) is 0 Å². The van der Waals surface area contributed by atoms with E-state index in [4.69, 9.17) is 10.5 Å². The number of hydrogen-bond donors (Lipinski definition) is 3. The van der Waals surface area contributed by atoms with Gasteiger partial charge in [-0.1, -0.05) is 79.4 Å². The highest BCUT2D eigenvalue weighted by Crippen LogP contribution is 2.45. The number of rotatable bonds is 11. The van der Waals surface area contributed by atoms with Crippen molar-refractivity contribution in [3.8, 4) is 0 Å². The van der Waals surface area contributed by atoms with Crippen LogP contribution in [0.1, 0.15) is 69.6 Å². The first-order valence-electron chi connectivity index (χ1n) is 14.7. The van der Waals surface area contributed by atoms with Gasteiger partial charge in [0.05, 0.1) is 29.2 Å². The number of nitrogens with one attached hydrogen (secondary N) is 2. The number of likely N-dealkylation sites (N-methyl/N-ethyl adjacent to an activating group) is 1. The molecule has 4 rings (SSSR count). The van der Waals surface area contributed by atoms with E-state index in [0.717, 1.165) is 30.4 Å². The summed E-state index contributed by atoms with van der Waals surface area (Å²) in [6.07, 6.45) is 4.17. The lowest BCUT2D eigenvalue weighted by Crippen LogP contribution is -2.58. The first kappa shape index (κ1) is 31.9. The van der Waals surface area contributed by atoms with E-state index in [1.165, 1.54) is 0 Å². The minimum absolute atomic E-state index is 0.0579. The molecule has 10 heteroatoms. The van der Waals surface area contributed by atoms with Gasteiger partial charge in [-0.15, -0.1) is 0 Å². The van der Waals surface area contributed by atoms with Gasteiger partial charge in [-0.2, -0.15) is 0 Å². The van der Waals surface area contributed by atoms with Crippen LogP contribution in [0.25, 0.3) is 4.91 Å². The zero-order valence-corrected chi connectivity index (χ0v) is 25.9. The lowest BCUT2D eigenvalue weighted by atomic mass is 9.76. The van der Waals surface area contributed by atoms with Gasteiger partial charge < -0.3 is 20.7 Å². The van der Waals surface area contributed by atoms with Crippen LogP contribution in [-0.4, -0.2) is 61.9 Å². The lowest BCUT2D eigenvalue weighted by Gasteiger charge is -2.38. The molecule has 42 heavy (non-hydrogen) atoms. The molecule has 4 N–H and O–H groups in total. The van der Waals surface area contributed by atoms with Crippen LogP contribution >= 0.6 is 0 Å². The van der Waals surface area contributed by atoms with Gasteiger partial charge in [0.1, 0.15) is 6.04 Å². The first-order valence-corrected chi connectivity index (χ1v) is 16.2. The van der Waals surface area contributed by atoms with Gasteiger partial charge in [0.15, 0.2) is 0 Å². The number of carbonyl (C=O) groups is 2. The molecule has 0 aromatic heterocycles. The number of nitrogens with zero attached hydrogens (tertiary/aromatic N) is 1. The molecule has 2 aromatic carbocycles. The molecule has 1 saturated carbocycles. The van der Waals surface area contributed by atoms with Gasteiger partial charge >= 0.3 is 0 Å². The fourth-order valence-electron chi connectivity index (χ4n) is 5.71. The van der Waals surface area contributed by atoms with Gasteiger partial charge in [0, 0.05) is 13.1 Å². The minimum atomic E-state index is -3.81. The summed E-state index contributed by atoms with van der Waals surface area (Å²) < 4.78 is 36.3. The summed E-state index contributed by atoms with van der Waals surface area (Å²) in [6, 6.07) is 16.0. The summed E-state index contributed by atoms with van der Waals surface area (Å²) in [6.45, 7) is 7.60. The van der Waals surface area contributed by atoms with Crippen LogP contribution in [0.4, 0.5) is 0 Å². The zero-order chi connectivity index (χ0) is 30.5. The van der Waals surface area contributed by atoms with Crippen molar-refractivity contribution in [2.45, 2.75) is 83.5 Å². The summed E-state index contributed by atoms with van der Waals surface area (Å²) in [5, 5.41) is 2.79. The predicted molar refractivity (Wildman–Crippen MR) is 165 cm³/mol. The van der Waals surface area contributed by atoms with Crippen LogP contribution in [0.5, 0.6) is 0 Å². The predicted octanol–water partition coefficient (Wildman–Crippen LogP) is 3.63. The molecule has 2 aromatic rings. The minimum Gasteiger partial charge on any atom is -0.374 e.